The third kappa shape index (κ3) is 5.08. The summed E-state index contributed by atoms with van der Waals surface area (Å²) in [5.41, 5.74) is 1.32. The lowest BCUT2D eigenvalue weighted by Gasteiger charge is -2.26. The fourth-order valence-electron chi connectivity index (χ4n) is 3.61. The van der Waals surface area contributed by atoms with Crippen LogP contribution in [0.3, 0.4) is 0 Å². The van der Waals surface area contributed by atoms with Crippen LogP contribution in [0.2, 0.25) is 0 Å². The summed E-state index contributed by atoms with van der Waals surface area (Å²) in [5.74, 6) is 0.456. The van der Waals surface area contributed by atoms with E-state index in [4.69, 9.17) is 0 Å². The van der Waals surface area contributed by atoms with Crippen molar-refractivity contribution in [3.63, 3.8) is 0 Å². The Morgan fingerprint density at radius 1 is 1.24 bits per heavy atom. The van der Waals surface area contributed by atoms with Gasteiger partial charge in [-0.2, -0.15) is 5.10 Å². The van der Waals surface area contributed by atoms with E-state index in [1.165, 1.54) is 0 Å². The molecule has 8 heteroatoms. The average Bonchev–Trinajstić information content (AvgIpc) is 3.26. The highest BCUT2D eigenvalue weighted by Gasteiger charge is 2.20. The quantitative estimate of drug-likeness (QED) is 0.532. The van der Waals surface area contributed by atoms with Crippen molar-refractivity contribution >= 4 is 22.8 Å². The highest BCUT2D eigenvalue weighted by Crippen LogP contribution is 2.22. The third-order valence-corrected chi connectivity index (χ3v) is 5.28. The number of aromatic nitrogens is 4. The fourth-order valence-corrected chi connectivity index (χ4v) is 3.61. The molecule has 0 aliphatic heterocycles. The molecule has 29 heavy (non-hydrogen) atoms. The van der Waals surface area contributed by atoms with E-state index >= 15 is 0 Å². The van der Waals surface area contributed by atoms with Crippen molar-refractivity contribution in [3.05, 3.63) is 48.4 Å². The number of aliphatic hydroxyl groups is 1. The van der Waals surface area contributed by atoms with Gasteiger partial charge in [-0.1, -0.05) is 6.07 Å². The molecular formula is C21H26N6O2. The maximum absolute atomic E-state index is 12.5. The molecule has 3 aromatic rings. The van der Waals surface area contributed by atoms with Crippen molar-refractivity contribution in [2.45, 2.75) is 50.8 Å². The second-order valence-electron chi connectivity index (χ2n) is 7.50. The Hall–Kier alpha value is -3.00. The summed E-state index contributed by atoms with van der Waals surface area (Å²) in [5, 5.41) is 21.0. The van der Waals surface area contributed by atoms with Gasteiger partial charge in [0.15, 0.2) is 0 Å². The van der Waals surface area contributed by atoms with E-state index < -0.39 is 0 Å². The Balaban J connectivity index is 1.36. The maximum Gasteiger partial charge on any atom is 0.251 e. The molecule has 8 nitrogen and oxygen atoms in total. The van der Waals surface area contributed by atoms with Crippen LogP contribution in [0.1, 0.15) is 42.5 Å². The van der Waals surface area contributed by atoms with Crippen LogP contribution >= 0.6 is 0 Å². The van der Waals surface area contributed by atoms with Gasteiger partial charge in [0.2, 0.25) is 5.95 Å². The van der Waals surface area contributed by atoms with Crippen molar-refractivity contribution in [3.8, 4) is 0 Å². The van der Waals surface area contributed by atoms with Crippen molar-refractivity contribution in [1.82, 2.24) is 25.1 Å². The zero-order chi connectivity index (χ0) is 20.1. The molecule has 0 radical (unpaired) electrons. The van der Waals surface area contributed by atoms with Crippen LogP contribution in [-0.4, -0.2) is 49.5 Å². The first-order chi connectivity index (χ1) is 14.2. The number of aryl methyl sites for hydroxylation is 1. The lowest BCUT2D eigenvalue weighted by Crippen LogP contribution is -2.28. The number of carbonyl (C=O) groups excluding carboxylic acids is 1. The van der Waals surface area contributed by atoms with Crippen LogP contribution in [0.15, 0.2) is 42.9 Å². The third-order valence-electron chi connectivity index (χ3n) is 5.28. The van der Waals surface area contributed by atoms with Crippen LogP contribution in [0, 0.1) is 0 Å². The predicted molar refractivity (Wildman–Crippen MR) is 111 cm³/mol. The normalized spacial score (nSPS) is 19.2. The molecular weight excluding hydrogens is 368 g/mol. The molecule has 3 N–H and O–H groups in total. The van der Waals surface area contributed by atoms with Gasteiger partial charge in [0.1, 0.15) is 0 Å². The van der Waals surface area contributed by atoms with Crippen molar-refractivity contribution < 1.29 is 9.90 Å². The van der Waals surface area contributed by atoms with E-state index in [1.807, 2.05) is 23.0 Å². The summed E-state index contributed by atoms with van der Waals surface area (Å²) in [4.78, 5) is 21.4. The average molecular weight is 394 g/mol. The number of nitrogens with zero attached hydrogens (tertiary/aromatic N) is 4. The van der Waals surface area contributed by atoms with E-state index in [-0.39, 0.29) is 18.1 Å². The Labute approximate surface area is 169 Å². The first kappa shape index (κ1) is 19.3. The summed E-state index contributed by atoms with van der Waals surface area (Å²) >= 11 is 0. The van der Waals surface area contributed by atoms with Crippen LogP contribution < -0.4 is 10.6 Å². The van der Waals surface area contributed by atoms with Gasteiger partial charge in [0.05, 0.1) is 11.6 Å². The Morgan fingerprint density at radius 3 is 2.90 bits per heavy atom. The molecule has 1 saturated carbocycles. The van der Waals surface area contributed by atoms with Gasteiger partial charge < -0.3 is 15.7 Å². The van der Waals surface area contributed by atoms with Gasteiger partial charge >= 0.3 is 0 Å². The van der Waals surface area contributed by atoms with E-state index in [2.05, 4.69) is 25.7 Å². The number of rotatable bonds is 7. The smallest absolute Gasteiger partial charge is 0.251 e. The largest absolute Gasteiger partial charge is 0.393 e. The van der Waals surface area contributed by atoms with Gasteiger partial charge in [-0.25, -0.2) is 9.97 Å². The highest BCUT2D eigenvalue weighted by atomic mass is 16.3. The molecule has 1 aliphatic carbocycles. The first-order valence-corrected chi connectivity index (χ1v) is 10.1. The minimum atomic E-state index is -0.189. The molecule has 0 saturated heterocycles. The SMILES string of the molecule is O=C(NCCCn1cccn1)c1ccc2cnc(N[C@H]3CC[C@H](O)CC3)nc2c1. The maximum atomic E-state index is 12.5. The summed E-state index contributed by atoms with van der Waals surface area (Å²) in [6.07, 6.45) is 9.47. The lowest BCUT2D eigenvalue weighted by atomic mass is 9.93. The van der Waals surface area contributed by atoms with Gasteiger partial charge in [-0.05, 0) is 50.3 Å². The van der Waals surface area contributed by atoms with E-state index in [1.54, 1.807) is 24.5 Å². The first-order valence-electron chi connectivity index (χ1n) is 10.1. The minimum Gasteiger partial charge on any atom is -0.393 e. The second-order valence-corrected chi connectivity index (χ2v) is 7.50. The summed E-state index contributed by atoms with van der Waals surface area (Å²) < 4.78 is 1.85. The molecule has 0 bridgehead atoms. The molecule has 152 valence electrons. The molecule has 4 rings (SSSR count). The molecule has 0 spiro atoms. The molecule has 0 unspecified atom stereocenters. The topological polar surface area (TPSA) is 105 Å². The Morgan fingerprint density at radius 2 is 2.10 bits per heavy atom. The molecule has 1 aromatic carbocycles. The fraction of sp³-hybridized carbons (Fsp3) is 0.429. The number of aliphatic hydroxyl groups excluding tert-OH is 1. The van der Waals surface area contributed by atoms with Crippen LogP contribution in [0.5, 0.6) is 0 Å². The van der Waals surface area contributed by atoms with E-state index in [0.29, 0.717) is 18.1 Å². The lowest BCUT2D eigenvalue weighted by molar-refractivity contribution is 0.0952. The number of nitrogens with one attached hydrogen (secondary N) is 2. The van der Waals surface area contributed by atoms with Gasteiger partial charge in [-0.3, -0.25) is 9.48 Å². The standard InChI is InChI=1S/C21H26N6O2/c28-18-7-5-17(6-8-18)25-21-23-14-16-4-3-15(13-19(16)26-21)20(29)22-9-1-11-27-12-2-10-24-27/h2-4,10,12-14,17-18,28H,1,5-9,11H2,(H,22,29)(H,23,25,26)/t17-,18-. The van der Waals surface area contributed by atoms with Crippen molar-refractivity contribution in [2.75, 3.05) is 11.9 Å². The molecule has 0 atom stereocenters. The zero-order valence-corrected chi connectivity index (χ0v) is 16.3. The van der Waals surface area contributed by atoms with Gasteiger partial charge in [0.25, 0.3) is 5.91 Å². The number of benzene rings is 1. The highest BCUT2D eigenvalue weighted by molar-refractivity contribution is 5.97. The predicted octanol–water partition coefficient (Wildman–Crippen LogP) is 2.36. The number of carbonyl (C=O) groups is 1. The molecule has 1 amide bonds. The number of anilines is 1. The van der Waals surface area contributed by atoms with Crippen molar-refractivity contribution in [1.29, 1.82) is 0 Å². The summed E-state index contributed by atoms with van der Waals surface area (Å²) in [6, 6.07) is 7.63. The number of hydrogen-bond donors (Lipinski definition) is 3. The molecule has 1 fully saturated rings. The monoisotopic (exact) mass is 394 g/mol. The van der Waals surface area contributed by atoms with Crippen LogP contribution in [0.25, 0.3) is 10.9 Å². The van der Waals surface area contributed by atoms with Crippen LogP contribution in [0.4, 0.5) is 5.95 Å². The number of fused-ring (bicyclic) bond motifs is 1. The second kappa shape index (κ2) is 9.00. The summed E-state index contributed by atoms with van der Waals surface area (Å²) in [6.45, 7) is 1.35. The van der Waals surface area contributed by atoms with E-state index in [0.717, 1.165) is 49.6 Å². The summed E-state index contributed by atoms with van der Waals surface area (Å²) in [7, 11) is 0. The molecule has 2 aromatic heterocycles. The van der Waals surface area contributed by atoms with Gasteiger partial charge in [0, 0.05) is 48.7 Å². The number of hydrogen-bond acceptors (Lipinski definition) is 6. The van der Waals surface area contributed by atoms with Crippen LogP contribution in [-0.2, 0) is 6.54 Å². The molecule has 2 heterocycles. The minimum absolute atomic E-state index is 0.109. The Kier molecular flexibility index (Phi) is 6.00. The zero-order valence-electron chi connectivity index (χ0n) is 16.3. The molecule has 1 aliphatic rings. The van der Waals surface area contributed by atoms with Gasteiger partial charge in [-0.15, -0.1) is 0 Å². The Bertz CT molecular complexity index is 951. The van der Waals surface area contributed by atoms with E-state index in [9.17, 15) is 9.90 Å². The number of amides is 1. The van der Waals surface area contributed by atoms with Crippen molar-refractivity contribution in [2.24, 2.45) is 0 Å².